The highest BCUT2D eigenvalue weighted by molar-refractivity contribution is 5.80. The molecule has 1 amide bonds. The maximum absolute atomic E-state index is 13.1. The molecule has 0 aromatic heterocycles. The van der Waals surface area contributed by atoms with Crippen LogP contribution in [0.15, 0.2) is 0 Å². The molecule has 0 bridgehead atoms. The standard InChI is InChI=1S/C12H19F2NO4/c1-11(2,3)19-10(18)15-8(9(16)17)7-4-5-12(13,14)6-7/h7-8H,4-6H2,1-3H3,(H,15,18)(H,16,17)/t7?,8-/m0/s1. The molecule has 1 rings (SSSR count). The molecule has 5 nitrogen and oxygen atoms in total. The fraction of sp³-hybridized carbons (Fsp3) is 0.833. The molecule has 1 fully saturated rings. The molecule has 0 aromatic rings. The lowest BCUT2D eigenvalue weighted by Crippen LogP contribution is -2.47. The first-order valence-corrected chi connectivity index (χ1v) is 6.10. The molecule has 0 heterocycles. The van der Waals surface area contributed by atoms with Gasteiger partial charge in [0.1, 0.15) is 11.6 Å². The number of halogens is 2. The number of alkyl carbamates (subject to hydrolysis) is 1. The van der Waals surface area contributed by atoms with E-state index in [2.05, 4.69) is 5.32 Å². The number of amides is 1. The summed E-state index contributed by atoms with van der Waals surface area (Å²) < 4.78 is 31.1. The molecule has 7 heteroatoms. The fourth-order valence-corrected chi connectivity index (χ4v) is 2.08. The molecule has 2 atom stereocenters. The van der Waals surface area contributed by atoms with Gasteiger partial charge in [0.2, 0.25) is 5.92 Å². The summed E-state index contributed by atoms with van der Waals surface area (Å²) in [6.45, 7) is 4.89. The van der Waals surface area contributed by atoms with Crippen LogP contribution in [0.1, 0.15) is 40.0 Å². The van der Waals surface area contributed by atoms with Crippen molar-refractivity contribution in [3.8, 4) is 0 Å². The predicted molar refractivity (Wildman–Crippen MR) is 63.1 cm³/mol. The van der Waals surface area contributed by atoms with Crippen molar-refractivity contribution < 1.29 is 28.2 Å². The van der Waals surface area contributed by atoms with E-state index < -0.39 is 42.0 Å². The second-order valence-electron chi connectivity index (χ2n) is 5.82. The van der Waals surface area contributed by atoms with Gasteiger partial charge in [-0.25, -0.2) is 18.4 Å². The highest BCUT2D eigenvalue weighted by Gasteiger charge is 2.45. The van der Waals surface area contributed by atoms with E-state index in [-0.39, 0.29) is 12.8 Å². The number of carboxylic acid groups (broad SMARTS) is 1. The molecule has 110 valence electrons. The summed E-state index contributed by atoms with van der Waals surface area (Å²) in [7, 11) is 0. The van der Waals surface area contributed by atoms with Gasteiger partial charge >= 0.3 is 12.1 Å². The van der Waals surface area contributed by atoms with Crippen LogP contribution in [0.5, 0.6) is 0 Å². The zero-order valence-corrected chi connectivity index (χ0v) is 11.2. The second kappa shape index (κ2) is 5.30. The Labute approximate surface area is 110 Å². The number of carboxylic acids is 1. The van der Waals surface area contributed by atoms with Crippen LogP contribution in [0.25, 0.3) is 0 Å². The largest absolute Gasteiger partial charge is 0.480 e. The molecule has 1 aliphatic carbocycles. The van der Waals surface area contributed by atoms with Crippen LogP contribution in [0, 0.1) is 5.92 Å². The van der Waals surface area contributed by atoms with E-state index >= 15 is 0 Å². The SMILES string of the molecule is CC(C)(C)OC(=O)N[C@H](C(=O)O)C1CCC(F)(F)C1. The van der Waals surface area contributed by atoms with Gasteiger partial charge in [0.25, 0.3) is 0 Å². The third kappa shape index (κ3) is 5.00. The number of carbonyl (C=O) groups is 2. The number of aliphatic carboxylic acids is 1. The van der Waals surface area contributed by atoms with Gasteiger partial charge in [-0.15, -0.1) is 0 Å². The van der Waals surface area contributed by atoms with Gasteiger partial charge in [-0.05, 0) is 33.1 Å². The molecule has 2 N–H and O–H groups in total. The number of alkyl halides is 2. The Hall–Kier alpha value is -1.40. The summed E-state index contributed by atoms with van der Waals surface area (Å²) in [5.74, 6) is -4.96. The number of nitrogens with one attached hydrogen (secondary N) is 1. The number of hydrogen-bond donors (Lipinski definition) is 2. The maximum atomic E-state index is 13.1. The Balaban J connectivity index is 2.65. The van der Waals surface area contributed by atoms with Crippen LogP contribution in [-0.2, 0) is 9.53 Å². The van der Waals surface area contributed by atoms with Gasteiger partial charge in [-0.3, -0.25) is 0 Å². The van der Waals surface area contributed by atoms with E-state index in [1.807, 2.05) is 0 Å². The first-order chi connectivity index (χ1) is 8.50. The molecule has 0 aromatic carbocycles. The van der Waals surface area contributed by atoms with E-state index in [1.54, 1.807) is 20.8 Å². The van der Waals surface area contributed by atoms with Crippen molar-refractivity contribution in [3.05, 3.63) is 0 Å². The molecule has 19 heavy (non-hydrogen) atoms. The molecular formula is C12H19F2NO4. The second-order valence-corrected chi connectivity index (χ2v) is 5.82. The van der Waals surface area contributed by atoms with Gasteiger partial charge in [-0.1, -0.05) is 0 Å². The van der Waals surface area contributed by atoms with Crippen molar-refractivity contribution >= 4 is 12.1 Å². The highest BCUT2D eigenvalue weighted by Crippen LogP contribution is 2.40. The minimum Gasteiger partial charge on any atom is -0.480 e. The average Bonchev–Trinajstić information content (AvgIpc) is 2.51. The van der Waals surface area contributed by atoms with Gasteiger partial charge in [0.05, 0.1) is 0 Å². The third-order valence-corrected chi connectivity index (χ3v) is 2.85. The third-order valence-electron chi connectivity index (χ3n) is 2.85. The molecular weight excluding hydrogens is 260 g/mol. The van der Waals surface area contributed by atoms with Crippen LogP contribution in [-0.4, -0.2) is 34.7 Å². The van der Waals surface area contributed by atoms with Gasteiger partial charge in [0.15, 0.2) is 0 Å². The molecule has 1 saturated carbocycles. The van der Waals surface area contributed by atoms with Gasteiger partial charge < -0.3 is 15.2 Å². The van der Waals surface area contributed by atoms with E-state index in [4.69, 9.17) is 9.84 Å². The van der Waals surface area contributed by atoms with Gasteiger partial charge in [0, 0.05) is 12.8 Å². The predicted octanol–water partition coefficient (Wildman–Crippen LogP) is 2.40. The van der Waals surface area contributed by atoms with E-state index in [0.29, 0.717) is 0 Å². The maximum Gasteiger partial charge on any atom is 0.408 e. The molecule has 0 spiro atoms. The van der Waals surface area contributed by atoms with E-state index in [0.717, 1.165) is 0 Å². The Morgan fingerprint density at radius 2 is 2.00 bits per heavy atom. The lowest BCUT2D eigenvalue weighted by molar-refractivity contribution is -0.141. The zero-order chi connectivity index (χ0) is 14.8. The van der Waals surface area contributed by atoms with Crippen LogP contribution in [0.2, 0.25) is 0 Å². The Morgan fingerprint density at radius 3 is 2.37 bits per heavy atom. The smallest absolute Gasteiger partial charge is 0.408 e. The minimum atomic E-state index is -2.85. The summed E-state index contributed by atoms with van der Waals surface area (Å²) in [6, 6.07) is -1.34. The number of ether oxygens (including phenoxy) is 1. The highest BCUT2D eigenvalue weighted by atomic mass is 19.3. The Kier molecular flexibility index (Phi) is 4.37. The Morgan fingerprint density at radius 1 is 1.42 bits per heavy atom. The lowest BCUT2D eigenvalue weighted by atomic mass is 9.98. The lowest BCUT2D eigenvalue weighted by Gasteiger charge is -2.24. The van der Waals surface area contributed by atoms with E-state index in [9.17, 15) is 18.4 Å². The normalized spacial score (nSPS) is 23.7. The van der Waals surface area contributed by atoms with Crippen molar-refractivity contribution in [2.24, 2.45) is 5.92 Å². The summed E-state index contributed by atoms with van der Waals surface area (Å²) in [6.07, 6.45) is -1.72. The molecule has 1 unspecified atom stereocenters. The topological polar surface area (TPSA) is 75.6 Å². The quantitative estimate of drug-likeness (QED) is 0.831. The van der Waals surface area contributed by atoms with Crippen molar-refractivity contribution in [3.63, 3.8) is 0 Å². The summed E-state index contributed by atoms with van der Waals surface area (Å²) in [4.78, 5) is 22.6. The molecule has 1 aliphatic rings. The van der Waals surface area contributed by atoms with Gasteiger partial charge in [-0.2, -0.15) is 0 Å². The summed E-state index contributed by atoms with van der Waals surface area (Å²) in [5.41, 5.74) is -0.771. The zero-order valence-electron chi connectivity index (χ0n) is 11.2. The summed E-state index contributed by atoms with van der Waals surface area (Å²) >= 11 is 0. The monoisotopic (exact) mass is 279 g/mol. The van der Waals surface area contributed by atoms with Crippen LogP contribution < -0.4 is 5.32 Å². The van der Waals surface area contributed by atoms with Crippen molar-refractivity contribution in [1.29, 1.82) is 0 Å². The van der Waals surface area contributed by atoms with Crippen LogP contribution in [0.3, 0.4) is 0 Å². The Bertz CT molecular complexity index is 365. The average molecular weight is 279 g/mol. The summed E-state index contributed by atoms with van der Waals surface area (Å²) in [5, 5.41) is 11.2. The number of rotatable bonds is 3. The van der Waals surface area contributed by atoms with Crippen molar-refractivity contribution in [2.75, 3.05) is 0 Å². The first kappa shape index (κ1) is 15.7. The van der Waals surface area contributed by atoms with Crippen LogP contribution >= 0.6 is 0 Å². The molecule has 0 saturated heterocycles. The van der Waals surface area contributed by atoms with Crippen LogP contribution in [0.4, 0.5) is 13.6 Å². The molecule has 0 radical (unpaired) electrons. The fourth-order valence-electron chi connectivity index (χ4n) is 2.08. The first-order valence-electron chi connectivity index (χ1n) is 6.10. The minimum absolute atomic E-state index is 0.0692. The van der Waals surface area contributed by atoms with Crippen molar-refractivity contribution in [1.82, 2.24) is 5.32 Å². The number of hydrogen-bond acceptors (Lipinski definition) is 3. The molecule has 0 aliphatic heterocycles. The number of carbonyl (C=O) groups excluding carboxylic acids is 1. The van der Waals surface area contributed by atoms with E-state index in [1.165, 1.54) is 0 Å². The van der Waals surface area contributed by atoms with Crippen molar-refractivity contribution in [2.45, 2.75) is 57.6 Å².